The molecule has 1 aliphatic heterocycles. The van der Waals surface area contributed by atoms with Gasteiger partial charge in [0.1, 0.15) is 0 Å². The predicted octanol–water partition coefficient (Wildman–Crippen LogP) is 3.62. The maximum Gasteiger partial charge on any atom is 0.0455 e. The van der Waals surface area contributed by atoms with Crippen LogP contribution in [0.15, 0.2) is 18.2 Å². The molecular weight excluding hydrogens is 244 g/mol. The summed E-state index contributed by atoms with van der Waals surface area (Å²) < 4.78 is 0. The van der Waals surface area contributed by atoms with Crippen LogP contribution in [0.2, 0.25) is 5.02 Å². The maximum atomic E-state index is 6.25. The van der Waals surface area contributed by atoms with E-state index in [2.05, 4.69) is 42.3 Å². The average molecular weight is 267 g/mol. The van der Waals surface area contributed by atoms with Gasteiger partial charge in [0.25, 0.3) is 0 Å². The van der Waals surface area contributed by atoms with E-state index in [0.717, 1.165) is 17.1 Å². The summed E-state index contributed by atoms with van der Waals surface area (Å²) in [5, 5.41) is 4.25. The summed E-state index contributed by atoms with van der Waals surface area (Å²) in [6.45, 7) is 7.71. The summed E-state index contributed by atoms with van der Waals surface area (Å²) in [4.78, 5) is 2.48. The number of anilines is 1. The van der Waals surface area contributed by atoms with Gasteiger partial charge in [-0.15, -0.1) is 0 Å². The van der Waals surface area contributed by atoms with Crippen LogP contribution in [0.1, 0.15) is 32.3 Å². The fourth-order valence-electron chi connectivity index (χ4n) is 2.66. The van der Waals surface area contributed by atoms with E-state index in [1.807, 2.05) is 14.0 Å². The van der Waals surface area contributed by atoms with Gasteiger partial charge in [-0.25, -0.2) is 0 Å². The van der Waals surface area contributed by atoms with Gasteiger partial charge in [-0.05, 0) is 58.4 Å². The van der Waals surface area contributed by atoms with E-state index in [9.17, 15) is 0 Å². The van der Waals surface area contributed by atoms with Gasteiger partial charge in [-0.1, -0.05) is 17.7 Å². The molecule has 3 heteroatoms. The third-order valence-electron chi connectivity index (χ3n) is 4.11. The highest BCUT2D eigenvalue weighted by Crippen LogP contribution is 2.34. The first-order chi connectivity index (χ1) is 8.44. The van der Waals surface area contributed by atoms with Crippen LogP contribution in [0.4, 0.5) is 5.69 Å². The lowest BCUT2D eigenvalue weighted by molar-refractivity contribution is 0.313. The molecule has 0 aromatic heterocycles. The number of benzene rings is 1. The summed E-state index contributed by atoms with van der Waals surface area (Å²) in [7, 11) is 2.04. The second kappa shape index (κ2) is 5.10. The molecule has 100 valence electrons. The molecule has 0 bridgehead atoms. The molecule has 1 aromatic rings. The summed E-state index contributed by atoms with van der Waals surface area (Å²) >= 11 is 6.25. The van der Waals surface area contributed by atoms with E-state index < -0.39 is 0 Å². The molecule has 18 heavy (non-hydrogen) atoms. The van der Waals surface area contributed by atoms with E-state index in [1.165, 1.54) is 18.5 Å². The fourth-order valence-corrected chi connectivity index (χ4v) is 2.84. The van der Waals surface area contributed by atoms with Crippen LogP contribution in [-0.4, -0.2) is 25.2 Å². The minimum atomic E-state index is 0.200. The number of nitrogens with one attached hydrogen (secondary N) is 1. The zero-order chi connectivity index (χ0) is 13.3. The molecule has 0 saturated carbocycles. The second-order valence-electron chi connectivity index (χ2n) is 5.88. The molecule has 0 radical (unpaired) electrons. The Morgan fingerprint density at radius 3 is 2.72 bits per heavy atom. The molecule has 1 unspecified atom stereocenters. The van der Waals surface area contributed by atoms with Gasteiger partial charge >= 0.3 is 0 Å². The lowest BCUT2D eigenvalue weighted by Gasteiger charge is -2.47. The first-order valence-electron chi connectivity index (χ1n) is 6.65. The van der Waals surface area contributed by atoms with Crippen LogP contribution >= 0.6 is 11.6 Å². The van der Waals surface area contributed by atoms with Crippen molar-refractivity contribution in [3.8, 4) is 0 Å². The molecule has 0 spiro atoms. The summed E-state index contributed by atoms with van der Waals surface area (Å²) in [6.07, 6.45) is 2.43. The summed E-state index contributed by atoms with van der Waals surface area (Å²) in [5.41, 5.74) is 2.57. The summed E-state index contributed by atoms with van der Waals surface area (Å²) in [6, 6.07) is 6.95. The molecule has 1 fully saturated rings. The first-order valence-corrected chi connectivity index (χ1v) is 7.03. The smallest absolute Gasteiger partial charge is 0.0455 e. The highest BCUT2D eigenvalue weighted by atomic mass is 35.5. The van der Waals surface area contributed by atoms with Crippen molar-refractivity contribution in [1.82, 2.24) is 5.32 Å². The van der Waals surface area contributed by atoms with Crippen LogP contribution in [0, 0.1) is 6.92 Å². The molecule has 0 amide bonds. The Labute approximate surface area is 115 Å². The SMILES string of the molecule is CNC1CCC(C)(C)N(c2ccc(C)c(Cl)c2)C1. The average Bonchev–Trinajstić information content (AvgIpc) is 2.33. The van der Waals surface area contributed by atoms with Gasteiger partial charge in [0, 0.05) is 28.8 Å². The third-order valence-corrected chi connectivity index (χ3v) is 4.52. The molecule has 1 atom stereocenters. The van der Waals surface area contributed by atoms with E-state index in [1.54, 1.807) is 0 Å². The Bertz CT molecular complexity index is 429. The molecule has 1 aliphatic rings. The molecule has 0 aliphatic carbocycles. The molecule has 2 rings (SSSR count). The monoisotopic (exact) mass is 266 g/mol. The van der Waals surface area contributed by atoms with Crippen LogP contribution in [0.5, 0.6) is 0 Å². The largest absolute Gasteiger partial charge is 0.365 e. The topological polar surface area (TPSA) is 15.3 Å². The molecular formula is C15H23ClN2. The van der Waals surface area contributed by atoms with Crippen molar-refractivity contribution in [1.29, 1.82) is 0 Å². The minimum Gasteiger partial charge on any atom is -0.365 e. The number of hydrogen-bond acceptors (Lipinski definition) is 2. The summed E-state index contributed by atoms with van der Waals surface area (Å²) in [5.74, 6) is 0. The Morgan fingerprint density at radius 2 is 2.11 bits per heavy atom. The van der Waals surface area contributed by atoms with Gasteiger partial charge in [0.2, 0.25) is 0 Å². The predicted molar refractivity (Wildman–Crippen MR) is 79.7 cm³/mol. The number of aryl methyl sites for hydroxylation is 1. The van der Waals surface area contributed by atoms with Crippen molar-refractivity contribution in [3.05, 3.63) is 28.8 Å². The highest BCUT2D eigenvalue weighted by Gasteiger charge is 2.33. The van der Waals surface area contributed by atoms with Crippen LogP contribution < -0.4 is 10.2 Å². The first kappa shape index (κ1) is 13.7. The zero-order valence-corrected chi connectivity index (χ0v) is 12.5. The van der Waals surface area contributed by atoms with E-state index >= 15 is 0 Å². The number of likely N-dealkylation sites (N-methyl/N-ethyl adjacent to an activating group) is 1. The van der Waals surface area contributed by atoms with Gasteiger partial charge in [0.15, 0.2) is 0 Å². The van der Waals surface area contributed by atoms with E-state index in [4.69, 9.17) is 11.6 Å². The van der Waals surface area contributed by atoms with Crippen molar-refractivity contribution in [2.75, 3.05) is 18.5 Å². The molecule has 1 N–H and O–H groups in total. The van der Waals surface area contributed by atoms with Crippen molar-refractivity contribution < 1.29 is 0 Å². The Kier molecular flexibility index (Phi) is 3.88. The second-order valence-corrected chi connectivity index (χ2v) is 6.29. The standard InChI is InChI=1S/C15H23ClN2/c1-11-5-6-13(9-14(11)16)18-10-12(17-4)7-8-15(18,2)3/h5-6,9,12,17H,7-8,10H2,1-4H3. The molecule has 1 heterocycles. The number of piperidine rings is 1. The minimum absolute atomic E-state index is 0.200. The van der Waals surface area contributed by atoms with E-state index in [0.29, 0.717) is 6.04 Å². The quantitative estimate of drug-likeness (QED) is 0.880. The van der Waals surface area contributed by atoms with Crippen LogP contribution in [-0.2, 0) is 0 Å². The maximum absolute atomic E-state index is 6.25. The Morgan fingerprint density at radius 1 is 1.39 bits per heavy atom. The van der Waals surface area contributed by atoms with Crippen molar-refractivity contribution in [3.63, 3.8) is 0 Å². The Hall–Kier alpha value is -0.730. The van der Waals surface area contributed by atoms with Gasteiger partial charge in [-0.2, -0.15) is 0 Å². The van der Waals surface area contributed by atoms with E-state index in [-0.39, 0.29) is 5.54 Å². The van der Waals surface area contributed by atoms with Crippen molar-refractivity contribution in [2.24, 2.45) is 0 Å². The van der Waals surface area contributed by atoms with Crippen molar-refractivity contribution >= 4 is 17.3 Å². The number of rotatable bonds is 2. The molecule has 1 aromatic carbocycles. The van der Waals surface area contributed by atoms with Gasteiger partial charge < -0.3 is 10.2 Å². The number of hydrogen-bond donors (Lipinski definition) is 1. The van der Waals surface area contributed by atoms with Gasteiger partial charge in [-0.3, -0.25) is 0 Å². The Balaban J connectivity index is 2.30. The molecule has 1 saturated heterocycles. The normalized spacial score (nSPS) is 23.2. The van der Waals surface area contributed by atoms with Crippen LogP contribution in [0.25, 0.3) is 0 Å². The molecule has 2 nitrogen and oxygen atoms in total. The lowest BCUT2D eigenvalue weighted by atomic mass is 9.87. The zero-order valence-electron chi connectivity index (χ0n) is 11.8. The third kappa shape index (κ3) is 2.65. The highest BCUT2D eigenvalue weighted by molar-refractivity contribution is 6.31. The van der Waals surface area contributed by atoms with Crippen molar-refractivity contribution in [2.45, 2.75) is 45.2 Å². The van der Waals surface area contributed by atoms with Crippen LogP contribution in [0.3, 0.4) is 0 Å². The number of halogens is 1. The number of nitrogens with zero attached hydrogens (tertiary/aromatic N) is 1. The fraction of sp³-hybridized carbons (Fsp3) is 0.600. The van der Waals surface area contributed by atoms with Gasteiger partial charge in [0.05, 0.1) is 0 Å². The lowest BCUT2D eigenvalue weighted by Crippen LogP contribution is -2.55.